The van der Waals surface area contributed by atoms with Gasteiger partial charge in [0.05, 0.1) is 17.1 Å². The van der Waals surface area contributed by atoms with Crippen LogP contribution < -0.4 is 5.32 Å². The van der Waals surface area contributed by atoms with E-state index in [0.29, 0.717) is 11.6 Å². The number of hydrogen-bond donors (Lipinski definition) is 1. The molecule has 3 heteroatoms. The molecular formula is C17H19N3. The monoisotopic (exact) mass is 265 g/mol. The van der Waals surface area contributed by atoms with Gasteiger partial charge in [-0.2, -0.15) is 5.26 Å². The Balaban J connectivity index is 1.88. The summed E-state index contributed by atoms with van der Waals surface area (Å²) in [5, 5.41) is 13.7. The highest BCUT2D eigenvalue weighted by molar-refractivity contribution is 5.86. The molecule has 3 rings (SSSR count). The van der Waals surface area contributed by atoms with Crippen LogP contribution >= 0.6 is 0 Å². The standard InChI is InChI=1S/C17H19N3/c1-2-14(9-12-7-8-12)19-17-10-13(11-18)15-5-3-4-6-16(15)20-17/h3-6,10,12,14H,2,7-9H2,1H3,(H,19,20). The van der Waals surface area contributed by atoms with E-state index >= 15 is 0 Å². The summed E-state index contributed by atoms with van der Waals surface area (Å²) in [5.41, 5.74) is 1.58. The van der Waals surface area contributed by atoms with Gasteiger partial charge in [0, 0.05) is 11.4 Å². The maximum Gasteiger partial charge on any atom is 0.128 e. The van der Waals surface area contributed by atoms with Gasteiger partial charge in [0.25, 0.3) is 0 Å². The van der Waals surface area contributed by atoms with Gasteiger partial charge < -0.3 is 5.32 Å². The van der Waals surface area contributed by atoms with Crippen LogP contribution in [0.15, 0.2) is 30.3 Å². The Hall–Kier alpha value is -2.08. The topological polar surface area (TPSA) is 48.7 Å². The minimum absolute atomic E-state index is 0.461. The fourth-order valence-corrected chi connectivity index (χ4v) is 2.63. The number of hydrogen-bond acceptors (Lipinski definition) is 3. The highest BCUT2D eigenvalue weighted by Crippen LogP contribution is 2.34. The SMILES string of the molecule is CCC(CC1CC1)Nc1cc(C#N)c2ccccc2n1. The molecule has 0 amide bonds. The highest BCUT2D eigenvalue weighted by Gasteiger charge is 2.24. The zero-order valence-electron chi connectivity index (χ0n) is 11.8. The Bertz CT molecular complexity index is 653. The van der Waals surface area contributed by atoms with Crippen molar-refractivity contribution in [3.63, 3.8) is 0 Å². The molecule has 1 aliphatic rings. The van der Waals surface area contributed by atoms with Gasteiger partial charge in [-0.1, -0.05) is 38.0 Å². The number of pyridine rings is 1. The molecule has 0 saturated heterocycles. The molecule has 1 fully saturated rings. The molecule has 102 valence electrons. The van der Waals surface area contributed by atoms with E-state index in [2.05, 4.69) is 23.3 Å². The zero-order valence-corrected chi connectivity index (χ0v) is 11.8. The number of rotatable bonds is 5. The van der Waals surface area contributed by atoms with Gasteiger partial charge in [0.1, 0.15) is 5.82 Å². The van der Waals surface area contributed by atoms with Gasteiger partial charge in [-0.15, -0.1) is 0 Å². The van der Waals surface area contributed by atoms with Crippen LogP contribution in [0.2, 0.25) is 0 Å². The third-order valence-electron chi connectivity index (χ3n) is 4.00. The Labute approximate surface area is 119 Å². The van der Waals surface area contributed by atoms with Crippen molar-refractivity contribution in [2.24, 2.45) is 5.92 Å². The van der Waals surface area contributed by atoms with Crippen LogP contribution in [0.4, 0.5) is 5.82 Å². The second-order valence-electron chi connectivity index (χ2n) is 5.61. The maximum absolute atomic E-state index is 9.30. The summed E-state index contributed by atoms with van der Waals surface area (Å²) in [7, 11) is 0. The number of nitriles is 1. The lowest BCUT2D eigenvalue weighted by Gasteiger charge is -2.18. The number of anilines is 1. The summed E-state index contributed by atoms with van der Waals surface area (Å²) >= 11 is 0. The Kier molecular flexibility index (Phi) is 3.56. The van der Waals surface area contributed by atoms with Gasteiger partial charge >= 0.3 is 0 Å². The van der Waals surface area contributed by atoms with Crippen LogP contribution in [-0.4, -0.2) is 11.0 Å². The van der Waals surface area contributed by atoms with Crippen molar-refractivity contribution >= 4 is 16.7 Å². The predicted octanol–water partition coefficient (Wildman–Crippen LogP) is 4.10. The maximum atomic E-state index is 9.30. The molecule has 2 aromatic rings. The van der Waals surface area contributed by atoms with Crippen LogP contribution in [-0.2, 0) is 0 Å². The van der Waals surface area contributed by atoms with Gasteiger partial charge in [-0.05, 0) is 30.9 Å². The first kappa shape index (κ1) is 12.9. The first-order valence-corrected chi connectivity index (χ1v) is 7.36. The van der Waals surface area contributed by atoms with Crippen molar-refractivity contribution in [2.75, 3.05) is 5.32 Å². The van der Waals surface area contributed by atoms with Crippen LogP contribution in [0.5, 0.6) is 0 Å². The molecule has 20 heavy (non-hydrogen) atoms. The normalized spacial score (nSPS) is 15.8. The fourth-order valence-electron chi connectivity index (χ4n) is 2.63. The van der Waals surface area contributed by atoms with Gasteiger partial charge in [-0.25, -0.2) is 4.98 Å². The number of aromatic nitrogens is 1. The van der Waals surface area contributed by atoms with E-state index in [0.717, 1.165) is 29.1 Å². The number of nitrogens with zero attached hydrogens (tertiary/aromatic N) is 2. The van der Waals surface area contributed by atoms with Crippen molar-refractivity contribution < 1.29 is 0 Å². The van der Waals surface area contributed by atoms with Crippen LogP contribution in [0, 0.1) is 17.2 Å². The minimum Gasteiger partial charge on any atom is -0.367 e. The molecule has 1 aromatic heterocycles. The van der Waals surface area contributed by atoms with E-state index in [9.17, 15) is 5.26 Å². The van der Waals surface area contributed by atoms with Crippen molar-refractivity contribution in [1.29, 1.82) is 5.26 Å². The van der Waals surface area contributed by atoms with Crippen LogP contribution in [0.3, 0.4) is 0 Å². The summed E-state index contributed by atoms with van der Waals surface area (Å²) in [6, 6.07) is 12.4. The third kappa shape index (κ3) is 2.75. The molecule has 1 heterocycles. The van der Waals surface area contributed by atoms with E-state index in [1.165, 1.54) is 19.3 Å². The predicted molar refractivity (Wildman–Crippen MR) is 81.5 cm³/mol. The molecule has 0 spiro atoms. The molecule has 1 saturated carbocycles. The second kappa shape index (κ2) is 5.50. The van der Waals surface area contributed by atoms with E-state index < -0.39 is 0 Å². The van der Waals surface area contributed by atoms with E-state index in [1.54, 1.807) is 0 Å². The number of benzene rings is 1. The van der Waals surface area contributed by atoms with Gasteiger partial charge in [-0.3, -0.25) is 0 Å². The van der Waals surface area contributed by atoms with Crippen molar-refractivity contribution in [2.45, 2.75) is 38.6 Å². The summed E-state index contributed by atoms with van der Waals surface area (Å²) in [4.78, 5) is 4.64. The third-order valence-corrected chi connectivity index (χ3v) is 4.00. The second-order valence-corrected chi connectivity index (χ2v) is 5.61. The lowest BCUT2D eigenvalue weighted by molar-refractivity contribution is 0.585. The lowest BCUT2D eigenvalue weighted by Crippen LogP contribution is -2.20. The number of nitrogens with one attached hydrogen (secondary N) is 1. The van der Waals surface area contributed by atoms with Crippen molar-refractivity contribution in [3.8, 4) is 6.07 Å². The fraction of sp³-hybridized carbons (Fsp3) is 0.412. The molecule has 0 bridgehead atoms. The summed E-state index contributed by atoms with van der Waals surface area (Å²) < 4.78 is 0. The average Bonchev–Trinajstić information content (AvgIpc) is 3.29. The average molecular weight is 265 g/mol. The molecule has 1 aromatic carbocycles. The molecule has 0 radical (unpaired) electrons. The minimum atomic E-state index is 0.461. The zero-order chi connectivity index (χ0) is 13.9. The summed E-state index contributed by atoms with van der Waals surface area (Å²) in [6.45, 7) is 2.20. The van der Waals surface area contributed by atoms with E-state index in [4.69, 9.17) is 0 Å². The first-order chi connectivity index (χ1) is 9.80. The Morgan fingerprint density at radius 2 is 2.20 bits per heavy atom. The molecule has 1 N–H and O–H groups in total. The number of para-hydroxylation sites is 1. The molecule has 1 atom stereocenters. The first-order valence-electron chi connectivity index (χ1n) is 7.36. The number of fused-ring (bicyclic) bond motifs is 1. The Morgan fingerprint density at radius 3 is 2.90 bits per heavy atom. The van der Waals surface area contributed by atoms with Crippen LogP contribution in [0.1, 0.15) is 38.2 Å². The largest absolute Gasteiger partial charge is 0.367 e. The van der Waals surface area contributed by atoms with Crippen LogP contribution in [0.25, 0.3) is 10.9 Å². The van der Waals surface area contributed by atoms with E-state index in [-0.39, 0.29) is 0 Å². The van der Waals surface area contributed by atoms with Gasteiger partial charge in [0.15, 0.2) is 0 Å². The lowest BCUT2D eigenvalue weighted by atomic mass is 10.1. The Morgan fingerprint density at radius 1 is 1.40 bits per heavy atom. The summed E-state index contributed by atoms with van der Waals surface area (Å²) in [6.07, 6.45) is 5.04. The molecular weight excluding hydrogens is 246 g/mol. The molecule has 3 nitrogen and oxygen atoms in total. The highest BCUT2D eigenvalue weighted by atomic mass is 15.0. The summed E-state index contributed by atoms with van der Waals surface area (Å²) in [5.74, 6) is 1.72. The molecule has 1 unspecified atom stereocenters. The molecule has 0 aliphatic heterocycles. The quantitative estimate of drug-likeness (QED) is 0.885. The van der Waals surface area contributed by atoms with Crippen molar-refractivity contribution in [1.82, 2.24) is 4.98 Å². The van der Waals surface area contributed by atoms with Crippen molar-refractivity contribution in [3.05, 3.63) is 35.9 Å². The smallest absolute Gasteiger partial charge is 0.128 e. The van der Waals surface area contributed by atoms with E-state index in [1.807, 2.05) is 30.3 Å². The van der Waals surface area contributed by atoms with Gasteiger partial charge in [0.2, 0.25) is 0 Å². The molecule has 1 aliphatic carbocycles.